The number of esters is 2. The largest absolute Gasteiger partial charge is 0.468 e. The lowest BCUT2D eigenvalue weighted by atomic mass is 9.89. The topological polar surface area (TPSA) is 98.6 Å². The summed E-state index contributed by atoms with van der Waals surface area (Å²) in [7, 11) is 2.63. The number of aliphatic hydroxyl groups is 1. The van der Waals surface area contributed by atoms with Gasteiger partial charge < -0.3 is 14.6 Å². The fourth-order valence-corrected chi connectivity index (χ4v) is 3.96. The van der Waals surface area contributed by atoms with Crippen molar-refractivity contribution in [2.45, 2.75) is 51.6 Å². The van der Waals surface area contributed by atoms with Gasteiger partial charge in [-0.1, -0.05) is 51.3 Å². The number of aromatic nitrogens is 2. The quantitative estimate of drug-likeness (QED) is 0.300. The zero-order valence-corrected chi connectivity index (χ0v) is 19.0. The van der Waals surface area contributed by atoms with Gasteiger partial charge in [-0.25, -0.2) is 14.8 Å². The number of hydrogen-bond acceptors (Lipinski definition) is 7. The Morgan fingerprint density at radius 3 is 2.19 bits per heavy atom. The van der Waals surface area contributed by atoms with Gasteiger partial charge >= 0.3 is 11.9 Å². The van der Waals surface area contributed by atoms with Crippen molar-refractivity contribution in [2.24, 2.45) is 5.92 Å². The molecule has 0 saturated carbocycles. The van der Waals surface area contributed by atoms with E-state index in [2.05, 4.69) is 18.8 Å². The number of ether oxygens (including phenoxy) is 2. The summed E-state index contributed by atoms with van der Waals surface area (Å²) in [5.41, 5.74) is 2.82. The van der Waals surface area contributed by atoms with Crippen LogP contribution in [0.4, 0.5) is 0 Å². The summed E-state index contributed by atoms with van der Waals surface area (Å²) in [4.78, 5) is 34.2. The average molecular weight is 439 g/mol. The molecule has 3 rings (SSSR count). The van der Waals surface area contributed by atoms with E-state index in [-0.39, 0.29) is 0 Å². The molecular formula is C25H30N2O5. The first kappa shape index (κ1) is 23.6. The van der Waals surface area contributed by atoms with Crippen molar-refractivity contribution < 1.29 is 24.2 Å². The number of hydrogen-bond donors (Lipinski definition) is 1. The summed E-state index contributed by atoms with van der Waals surface area (Å²) in [5, 5.41) is 10.9. The van der Waals surface area contributed by atoms with Gasteiger partial charge in [0.25, 0.3) is 0 Å². The van der Waals surface area contributed by atoms with Crippen molar-refractivity contribution in [2.75, 3.05) is 14.2 Å². The Balaban J connectivity index is 2.05. The number of para-hydroxylation sites is 2. The highest BCUT2D eigenvalue weighted by Crippen LogP contribution is 2.31. The van der Waals surface area contributed by atoms with Crippen molar-refractivity contribution in [3.8, 4) is 0 Å². The Bertz CT molecular complexity index is 1110. The molecule has 1 aromatic heterocycles. The fraction of sp³-hybridized carbons (Fsp3) is 0.440. The van der Waals surface area contributed by atoms with Gasteiger partial charge in [0.2, 0.25) is 0 Å². The molecule has 0 spiro atoms. The lowest BCUT2D eigenvalue weighted by Gasteiger charge is -2.22. The Kier molecular flexibility index (Phi) is 7.75. The summed E-state index contributed by atoms with van der Waals surface area (Å²) in [6.45, 7) is 4.33. The Hall–Kier alpha value is -3.06. The van der Waals surface area contributed by atoms with E-state index in [9.17, 15) is 14.7 Å². The summed E-state index contributed by atoms with van der Waals surface area (Å²) < 4.78 is 9.88. The lowest BCUT2D eigenvalue weighted by Crippen LogP contribution is -2.28. The number of nitrogens with zero attached hydrogens (tertiary/aromatic N) is 2. The minimum absolute atomic E-state index is 0.319. The molecule has 7 nitrogen and oxygen atoms in total. The van der Waals surface area contributed by atoms with Crippen LogP contribution in [0.15, 0.2) is 36.4 Å². The van der Waals surface area contributed by atoms with Gasteiger partial charge in [0.05, 0.1) is 42.4 Å². The number of unbranched alkanes of at least 4 members (excludes halogenated alkanes) is 1. The van der Waals surface area contributed by atoms with Crippen molar-refractivity contribution >= 4 is 34.0 Å². The first-order valence-electron chi connectivity index (χ1n) is 10.9. The van der Waals surface area contributed by atoms with E-state index in [1.165, 1.54) is 14.2 Å². The number of carbonyl (C=O) groups excluding carboxylic acids is 2. The molecule has 32 heavy (non-hydrogen) atoms. The summed E-state index contributed by atoms with van der Waals surface area (Å²) in [5.74, 6) is -1.29. The third kappa shape index (κ3) is 5.05. The molecule has 2 aromatic carbocycles. The van der Waals surface area contributed by atoms with E-state index in [0.29, 0.717) is 45.5 Å². The van der Waals surface area contributed by atoms with E-state index >= 15 is 0 Å². The van der Waals surface area contributed by atoms with E-state index in [1.54, 1.807) is 36.4 Å². The fourth-order valence-electron chi connectivity index (χ4n) is 3.96. The van der Waals surface area contributed by atoms with Crippen LogP contribution in [0.2, 0.25) is 0 Å². The molecule has 0 aliphatic heterocycles. The third-order valence-corrected chi connectivity index (χ3v) is 5.64. The van der Waals surface area contributed by atoms with Crippen molar-refractivity contribution in [1.29, 1.82) is 0 Å². The van der Waals surface area contributed by atoms with Crippen LogP contribution in [0, 0.1) is 5.92 Å². The van der Waals surface area contributed by atoms with E-state index in [1.807, 2.05) is 0 Å². The minimum atomic E-state index is -0.904. The first-order valence-corrected chi connectivity index (χ1v) is 10.9. The van der Waals surface area contributed by atoms with Gasteiger partial charge in [-0.3, -0.25) is 4.79 Å². The van der Waals surface area contributed by atoms with Crippen LogP contribution in [0.5, 0.6) is 0 Å². The van der Waals surface area contributed by atoms with Crippen LogP contribution in [0.3, 0.4) is 0 Å². The molecule has 2 atom stereocenters. The standard InChI is InChI=1S/C25H30N2O5/c1-15(2)9-5-6-14-20(28)21(25(30)32-4)16-10-7-12-18-22(16)26-19-13-8-11-17(23(19)27-18)24(29)31-3/h7-8,10-13,15,20-21,28H,5-6,9,14H2,1-4H3. The van der Waals surface area contributed by atoms with E-state index in [4.69, 9.17) is 14.5 Å². The molecule has 0 aliphatic carbocycles. The van der Waals surface area contributed by atoms with Crippen molar-refractivity contribution in [1.82, 2.24) is 9.97 Å². The van der Waals surface area contributed by atoms with Gasteiger partial charge in [0, 0.05) is 0 Å². The zero-order valence-electron chi connectivity index (χ0n) is 19.0. The van der Waals surface area contributed by atoms with E-state index in [0.717, 1.165) is 19.3 Å². The van der Waals surface area contributed by atoms with Crippen molar-refractivity contribution in [3.05, 3.63) is 47.5 Å². The molecule has 170 valence electrons. The van der Waals surface area contributed by atoms with Crippen molar-refractivity contribution in [3.63, 3.8) is 0 Å². The molecule has 1 N–H and O–H groups in total. The zero-order chi connectivity index (χ0) is 23.3. The SMILES string of the molecule is COC(=O)c1cccc2nc3c(C(C(=O)OC)C(O)CCCCC(C)C)cccc3nc12. The van der Waals surface area contributed by atoms with Crippen LogP contribution in [-0.4, -0.2) is 47.3 Å². The number of carbonyl (C=O) groups is 2. The van der Waals surface area contributed by atoms with Crippen LogP contribution >= 0.6 is 0 Å². The molecule has 0 bridgehead atoms. The van der Waals surface area contributed by atoms with Gasteiger partial charge in [0.15, 0.2) is 0 Å². The number of aliphatic hydroxyl groups excluding tert-OH is 1. The summed E-state index contributed by atoms with van der Waals surface area (Å²) in [6, 6.07) is 10.4. The first-order chi connectivity index (χ1) is 15.4. The molecule has 0 fully saturated rings. The van der Waals surface area contributed by atoms with Gasteiger partial charge in [-0.15, -0.1) is 0 Å². The maximum absolute atomic E-state index is 12.7. The molecule has 0 saturated heterocycles. The Morgan fingerprint density at radius 1 is 0.906 bits per heavy atom. The second-order valence-corrected chi connectivity index (χ2v) is 8.35. The predicted octanol–water partition coefficient (Wildman–Crippen LogP) is 4.40. The molecule has 0 aliphatic rings. The molecule has 0 radical (unpaired) electrons. The normalized spacial score (nSPS) is 13.3. The van der Waals surface area contributed by atoms with Gasteiger partial charge in [-0.2, -0.15) is 0 Å². The smallest absolute Gasteiger partial charge is 0.340 e. The third-order valence-electron chi connectivity index (χ3n) is 5.64. The molecule has 0 amide bonds. The predicted molar refractivity (Wildman–Crippen MR) is 122 cm³/mol. The molecule has 3 aromatic rings. The minimum Gasteiger partial charge on any atom is -0.468 e. The molecule has 2 unspecified atom stereocenters. The monoisotopic (exact) mass is 438 g/mol. The summed E-state index contributed by atoms with van der Waals surface area (Å²) in [6.07, 6.45) is 2.45. The molecule has 1 heterocycles. The Morgan fingerprint density at radius 2 is 1.53 bits per heavy atom. The highest BCUT2D eigenvalue weighted by Gasteiger charge is 2.31. The van der Waals surface area contributed by atoms with Crippen LogP contribution < -0.4 is 0 Å². The highest BCUT2D eigenvalue weighted by molar-refractivity contribution is 6.03. The van der Waals surface area contributed by atoms with Gasteiger partial charge in [-0.05, 0) is 36.1 Å². The van der Waals surface area contributed by atoms with Crippen LogP contribution in [-0.2, 0) is 14.3 Å². The second-order valence-electron chi connectivity index (χ2n) is 8.35. The average Bonchev–Trinajstić information content (AvgIpc) is 2.79. The number of methoxy groups -OCH3 is 2. The maximum Gasteiger partial charge on any atom is 0.340 e. The lowest BCUT2D eigenvalue weighted by molar-refractivity contribution is -0.145. The number of benzene rings is 2. The molecule has 7 heteroatoms. The number of fused-ring (bicyclic) bond motifs is 2. The molecular weight excluding hydrogens is 408 g/mol. The van der Waals surface area contributed by atoms with Crippen LogP contribution in [0.1, 0.15) is 61.4 Å². The Labute approximate surface area is 187 Å². The maximum atomic E-state index is 12.7. The highest BCUT2D eigenvalue weighted by atomic mass is 16.5. The number of rotatable bonds is 9. The van der Waals surface area contributed by atoms with Gasteiger partial charge in [0.1, 0.15) is 11.4 Å². The summed E-state index contributed by atoms with van der Waals surface area (Å²) >= 11 is 0. The second kappa shape index (κ2) is 10.5. The van der Waals surface area contributed by atoms with Crippen LogP contribution in [0.25, 0.3) is 22.1 Å². The van der Waals surface area contributed by atoms with E-state index < -0.39 is 24.0 Å².